The van der Waals surface area contributed by atoms with Gasteiger partial charge in [-0.25, -0.2) is 0 Å². The van der Waals surface area contributed by atoms with Gasteiger partial charge in [-0.3, -0.25) is 4.79 Å². The van der Waals surface area contributed by atoms with Crippen molar-refractivity contribution in [3.63, 3.8) is 0 Å². The van der Waals surface area contributed by atoms with Gasteiger partial charge in [0.15, 0.2) is 10.3 Å². The van der Waals surface area contributed by atoms with Crippen LogP contribution in [0.4, 0.5) is 5.69 Å². The van der Waals surface area contributed by atoms with Crippen molar-refractivity contribution in [2.45, 2.75) is 0 Å². The average molecular weight is 293 g/mol. The monoisotopic (exact) mass is 292 g/mol. The molecule has 1 N–H and O–H groups in total. The molecule has 1 amide bonds. The first-order valence-corrected chi connectivity index (χ1v) is 5.95. The van der Waals surface area contributed by atoms with Crippen LogP contribution >= 0.6 is 23.2 Å². The largest absolute Gasteiger partial charge is 0.383 e. The van der Waals surface area contributed by atoms with Crippen molar-refractivity contribution in [3.05, 3.63) is 16.4 Å². The van der Waals surface area contributed by atoms with Crippen molar-refractivity contribution in [3.8, 4) is 0 Å². The molecule has 0 aliphatic carbocycles. The Morgan fingerprint density at radius 1 is 1.50 bits per heavy atom. The lowest BCUT2D eigenvalue weighted by molar-refractivity contribution is -0.119. The number of nitrogens with one attached hydrogen (secondary N) is 1. The molecule has 1 heterocycles. The van der Waals surface area contributed by atoms with Gasteiger partial charge in [0.2, 0.25) is 5.91 Å². The van der Waals surface area contributed by atoms with Crippen molar-refractivity contribution in [2.24, 2.45) is 0 Å². The van der Waals surface area contributed by atoms with Gasteiger partial charge < -0.3 is 15.0 Å². The Bertz CT molecular complexity index is 417. The highest BCUT2D eigenvalue weighted by atomic mass is 35.5. The number of nitrogens with zero attached hydrogens (tertiary/aromatic N) is 3. The molecule has 0 saturated carbocycles. The molecule has 0 unspecified atom stereocenters. The van der Waals surface area contributed by atoms with E-state index in [-0.39, 0.29) is 22.8 Å². The Kier molecular flexibility index (Phi) is 6.11. The fraction of sp³-hybridized carbons (Fsp3) is 0.500. The number of ether oxygens (including phenoxy) is 1. The van der Waals surface area contributed by atoms with E-state index in [9.17, 15) is 4.79 Å². The van der Waals surface area contributed by atoms with Crippen LogP contribution in [0, 0.1) is 0 Å². The number of halogens is 2. The molecule has 18 heavy (non-hydrogen) atoms. The number of hydrogen-bond acceptors (Lipinski definition) is 5. The molecular formula is C10H14Cl2N4O2. The highest BCUT2D eigenvalue weighted by molar-refractivity contribution is 6.33. The summed E-state index contributed by atoms with van der Waals surface area (Å²) >= 11 is 11.6. The normalized spacial score (nSPS) is 10.2. The number of methoxy groups -OCH3 is 1. The lowest BCUT2D eigenvalue weighted by atomic mass is 10.4. The predicted molar refractivity (Wildman–Crippen MR) is 70.2 cm³/mol. The maximum absolute atomic E-state index is 11.6. The molecular weight excluding hydrogens is 279 g/mol. The van der Waals surface area contributed by atoms with E-state index in [1.165, 1.54) is 0 Å². The fourth-order valence-corrected chi connectivity index (χ4v) is 1.64. The summed E-state index contributed by atoms with van der Waals surface area (Å²) in [6.07, 6.45) is 0. The maximum Gasteiger partial charge on any atom is 0.239 e. The lowest BCUT2D eigenvalue weighted by Crippen LogP contribution is -2.36. The molecule has 0 aliphatic heterocycles. The Morgan fingerprint density at radius 2 is 2.22 bits per heavy atom. The van der Waals surface area contributed by atoms with Crippen LogP contribution in [-0.2, 0) is 9.53 Å². The zero-order valence-electron chi connectivity index (χ0n) is 10.1. The SMILES string of the molecule is COCCNC(=O)CN(C)c1cc(Cl)nnc1Cl. The smallest absolute Gasteiger partial charge is 0.239 e. The van der Waals surface area contributed by atoms with E-state index in [4.69, 9.17) is 27.9 Å². The Labute approximate surface area is 115 Å². The minimum Gasteiger partial charge on any atom is -0.383 e. The molecule has 0 aliphatic rings. The topological polar surface area (TPSA) is 67.3 Å². The summed E-state index contributed by atoms with van der Waals surface area (Å²) in [5.74, 6) is -0.140. The summed E-state index contributed by atoms with van der Waals surface area (Å²) in [7, 11) is 3.29. The van der Waals surface area contributed by atoms with Crippen molar-refractivity contribution >= 4 is 34.8 Å². The number of amides is 1. The van der Waals surface area contributed by atoms with E-state index in [0.717, 1.165) is 0 Å². The zero-order chi connectivity index (χ0) is 13.5. The minimum atomic E-state index is -0.140. The predicted octanol–water partition coefficient (Wildman–Crippen LogP) is 0.982. The second-order valence-electron chi connectivity index (χ2n) is 3.54. The Balaban J connectivity index is 2.56. The van der Waals surface area contributed by atoms with E-state index >= 15 is 0 Å². The van der Waals surface area contributed by atoms with Crippen LogP contribution in [0.15, 0.2) is 6.07 Å². The Hall–Kier alpha value is -1.11. The molecule has 100 valence electrons. The molecule has 0 fully saturated rings. The number of rotatable bonds is 6. The number of carbonyl (C=O) groups excluding carboxylic acids is 1. The molecule has 0 radical (unpaired) electrons. The zero-order valence-corrected chi connectivity index (χ0v) is 11.6. The number of carbonyl (C=O) groups is 1. The van der Waals surface area contributed by atoms with Crippen LogP contribution in [0.3, 0.4) is 0 Å². The van der Waals surface area contributed by atoms with Gasteiger partial charge in [0.05, 0.1) is 18.8 Å². The summed E-state index contributed by atoms with van der Waals surface area (Å²) < 4.78 is 4.83. The van der Waals surface area contributed by atoms with Crippen molar-refractivity contribution in [2.75, 3.05) is 38.8 Å². The molecule has 6 nitrogen and oxygen atoms in total. The quantitative estimate of drug-likeness (QED) is 0.792. The van der Waals surface area contributed by atoms with Gasteiger partial charge in [-0.15, -0.1) is 10.2 Å². The molecule has 0 saturated heterocycles. The maximum atomic E-state index is 11.6. The molecule has 0 spiro atoms. The lowest BCUT2D eigenvalue weighted by Gasteiger charge is -2.19. The first-order chi connectivity index (χ1) is 8.54. The van der Waals surface area contributed by atoms with Crippen LogP contribution in [0.2, 0.25) is 10.3 Å². The molecule has 8 heteroatoms. The van der Waals surface area contributed by atoms with E-state index in [1.54, 1.807) is 25.1 Å². The van der Waals surface area contributed by atoms with Crippen LogP contribution in [0.1, 0.15) is 0 Å². The van der Waals surface area contributed by atoms with E-state index in [2.05, 4.69) is 15.5 Å². The van der Waals surface area contributed by atoms with Gasteiger partial charge in [0.25, 0.3) is 0 Å². The number of aromatic nitrogens is 2. The van der Waals surface area contributed by atoms with Crippen molar-refractivity contribution < 1.29 is 9.53 Å². The summed E-state index contributed by atoms with van der Waals surface area (Å²) in [6.45, 7) is 1.08. The van der Waals surface area contributed by atoms with Crippen molar-refractivity contribution in [1.82, 2.24) is 15.5 Å². The fourth-order valence-electron chi connectivity index (χ4n) is 1.26. The highest BCUT2D eigenvalue weighted by Gasteiger charge is 2.12. The second-order valence-corrected chi connectivity index (χ2v) is 4.29. The third-order valence-electron chi connectivity index (χ3n) is 2.12. The number of anilines is 1. The van der Waals surface area contributed by atoms with Crippen LogP contribution in [0.5, 0.6) is 0 Å². The first-order valence-electron chi connectivity index (χ1n) is 5.20. The third-order valence-corrected chi connectivity index (χ3v) is 2.57. The van der Waals surface area contributed by atoms with Gasteiger partial charge in [-0.05, 0) is 0 Å². The minimum absolute atomic E-state index is 0.140. The molecule has 1 aromatic heterocycles. The number of hydrogen-bond donors (Lipinski definition) is 1. The van der Waals surface area contributed by atoms with Crippen LogP contribution in [0.25, 0.3) is 0 Å². The molecule has 1 rings (SSSR count). The van der Waals surface area contributed by atoms with Gasteiger partial charge in [-0.1, -0.05) is 23.2 Å². The van der Waals surface area contributed by atoms with Crippen molar-refractivity contribution in [1.29, 1.82) is 0 Å². The van der Waals surface area contributed by atoms with Gasteiger partial charge >= 0.3 is 0 Å². The Morgan fingerprint density at radius 3 is 2.89 bits per heavy atom. The molecule has 0 atom stereocenters. The summed E-state index contributed by atoms with van der Waals surface area (Å²) in [5.41, 5.74) is 0.554. The van der Waals surface area contributed by atoms with E-state index < -0.39 is 0 Å². The molecule has 0 bridgehead atoms. The molecule has 1 aromatic rings. The van der Waals surface area contributed by atoms with E-state index in [1.807, 2.05) is 0 Å². The third kappa shape index (κ3) is 4.64. The standard InChI is InChI=1S/C10H14Cl2N4O2/c1-16(6-9(17)13-3-4-18-2)7-5-8(11)14-15-10(7)12/h5H,3-4,6H2,1-2H3,(H,13,17). The van der Waals surface area contributed by atoms with Crippen LogP contribution < -0.4 is 10.2 Å². The van der Waals surface area contributed by atoms with Gasteiger partial charge in [0, 0.05) is 26.8 Å². The van der Waals surface area contributed by atoms with Gasteiger partial charge in [-0.2, -0.15) is 0 Å². The number of likely N-dealkylation sites (N-methyl/N-ethyl adjacent to an activating group) is 1. The summed E-state index contributed by atoms with van der Waals surface area (Å²) in [5, 5.41) is 10.4. The second kappa shape index (κ2) is 7.35. The van der Waals surface area contributed by atoms with Crippen LogP contribution in [-0.4, -0.2) is 50.0 Å². The molecule has 0 aromatic carbocycles. The first kappa shape index (κ1) is 14.9. The van der Waals surface area contributed by atoms with E-state index in [0.29, 0.717) is 18.8 Å². The summed E-state index contributed by atoms with van der Waals surface area (Å²) in [6, 6.07) is 1.55. The van der Waals surface area contributed by atoms with Gasteiger partial charge in [0.1, 0.15) is 0 Å². The summed E-state index contributed by atoms with van der Waals surface area (Å²) in [4.78, 5) is 13.2. The highest BCUT2D eigenvalue weighted by Crippen LogP contribution is 2.23. The average Bonchev–Trinajstić information content (AvgIpc) is 2.32.